The Hall–Kier alpha value is -3.02. The molecule has 2 aliphatic heterocycles. The fourth-order valence-corrected chi connectivity index (χ4v) is 4.28. The number of carbonyl (C=O) groups excluding carboxylic acids is 1. The van der Waals surface area contributed by atoms with E-state index in [9.17, 15) is 9.59 Å². The van der Waals surface area contributed by atoms with Gasteiger partial charge in [0.1, 0.15) is 5.69 Å². The predicted molar refractivity (Wildman–Crippen MR) is 97.0 cm³/mol. The highest BCUT2D eigenvalue weighted by atomic mass is 16.2. The van der Waals surface area contributed by atoms with Crippen molar-refractivity contribution in [3.8, 4) is 0 Å². The van der Waals surface area contributed by atoms with Crippen molar-refractivity contribution in [3.63, 3.8) is 0 Å². The molecular formula is C20H18N4O2. The zero-order chi connectivity index (χ0) is 17.7. The Labute approximate surface area is 150 Å². The third-order valence-corrected chi connectivity index (χ3v) is 5.43. The molecule has 6 heteroatoms. The van der Waals surface area contributed by atoms with Crippen LogP contribution in [0.1, 0.15) is 28.5 Å². The summed E-state index contributed by atoms with van der Waals surface area (Å²) in [7, 11) is 0. The molecule has 3 aromatic rings. The van der Waals surface area contributed by atoms with Crippen LogP contribution in [0.5, 0.6) is 0 Å². The van der Waals surface area contributed by atoms with E-state index in [1.165, 1.54) is 0 Å². The monoisotopic (exact) mass is 346 g/mol. The molecule has 1 saturated heterocycles. The fraction of sp³-hybridized carbons (Fsp3) is 0.300. The molecule has 0 saturated carbocycles. The normalized spacial score (nSPS) is 21.5. The standard InChI is InChI=1S/C20H18N4O2/c25-19-7-3-6-18-14-8-13(11-24(18)19)10-23(12-14)20(26)17-9-21-15-4-1-2-5-16(15)22-17/h1-7,9,13-14H,8,10-12H2. The lowest BCUT2D eigenvalue weighted by Crippen LogP contribution is -2.49. The van der Waals surface area contributed by atoms with Crippen molar-refractivity contribution in [2.75, 3.05) is 13.1 Å². The number of hydrogen-bond acceptors (Lipinski definition) is 4. The molecule has 6 nitrogen and oxygen atoms in total. The van der Waals surface area contributed by atoms with Gasteiger partial charge in [0.15, 0.2) is 0 Å². The van der Waals surface area contributed by atoms with E-state index in [0.717, 1.165) is 23.1 Å². The number of benzene rings is 1. The van der Waals surface area contributed by atoms with Crippen molar-refractivity contribution in [1.82, 2.24) is 19.4 Å². The van der Waals surface area contributed by atoms with Crippen LogP contribution >= 0.6 is 0 Å². The summed E-state index contributed by atoms with van der Waals surface area (Å²) < 4.78 is 1.87. The summed E-state index contributed by atoms with van der Waals surface area (Å²) in [5.41, 5.74) is 2.99. The average molecular weight is 346 g/mol. The highest BCUT2D eigenvalue weighted by Crippen LogP contribution is 2.35. The molecule has 2 atom stereocenters. The Kier molecular flexibility index (Phi) is 3.38. The van der Waals surface area contributed by atoms with Crippen molar-refractivity contribution in [3.05, 3.63) is 70.4 Å². The molecule has 2 unspecified atom stereocenters. The summed E-state index contributed by atoms with van der Waals surface area (Å²) in [5.74, 6) is 0.428. The highest BCUT2D eigenvalue weighted by Gasteiger charge is 2.36. The maximum absolute atomic E-state index is 13.0. The number of carbonyl (C=O) groups is 1. The number of hydrogen-bond donors (Lipinski definition) is 0. The van der Waals surface area contributed by atoms with Crippen LogP contribution < -0.4 is 5.56 Å². The van der Waals surface area contributed by atoms with Gasteiger partial charge in [0.2, 0.25) is 0 Å². The molecule has 0 N–H and O–H groups in total. The van der Waals surface area contributed by atoms with E-state index < -0.39 is 0 Å². The number of fused-ring (bicyclic) bond motifs is 5. The minimum absolute atomic E-state index is 0.0531. The molecule has 0 spiro atoms. The van der Waals surface area contributed by atoms with Crippen LogP contribution in [0.4, 0.5) is 0 Å². The lowest BCUT2D eigenvalue weighted by atomic mass is 9.83. The summed E-state index contributed by atoms with van der Waals surface area (Å²) >= 11 is 0. The van der Waals surface area contributed by atoms with E-state index in [2.05, 4.69) is 9.97 Å². The third kappa shape index (κ3) is 2.41. The Morgan fingerprint density at radius 2 is 1.85 bits per heavy atom. The lowest BCUT2D eigenvalue weighted by Gasteiger charge is -2.42. The second kappa shape index (κ2) is 5.76. The molecule has 1 amide bonds. The zero-order valence-corrected chi connectivity index (χ0v) is 14.2. The molecule has 0 radical (unpaired) electrons. The van der Waals surface area contributed by atoms with Crippen LogP contribution in [0.15, 0.2) is 53.5 Å². The van der Waals surface area contributed by atoms with Crippen LogP contribution in [0.3, 0.4) is 0 Å². The molecule has 1 fully saturated rings. The fourth-order valence-electron chi connectivity index (χ4n) is 4.28. The minimum atomic E-state index is -0.0790. The number of nitrogens with zero attached hydrogens (tertiary/aromatic N) is 4. The molecule has 130 valence electrons. The number of piperidine rings is 1. The van der Waals surface area contributed by atoms with Crippen LogP contribution in [0, 0.1) is 5.92 Å². The van der Waals surface area contributed by atoms with Gasteiger partial charge in [-0.25, -0.2) is 4.98 Å². The first-order chi connectivity index (χ1) is 12.7. The van der Waals surface area contributed by atoms with Crippen LogP contribution in [-0.4, -0.2) is 38.4 Å². The first kappa shape index (κ1) is 15.3. The Morgan fingerprint density at radius 1 is 1.00 bits per heavy atom. The largest absolute Gasteiger partial charge is 0.336 e. The van der Waals surface area contributed by atoms with Crippen molar-refractivity contribution in [1.29, 1.82) is 0 Å². The van der Waals surface area contributed by atoms with Gasteiger partial charge in [-0.1, -0.05) is 18.2 Å². The number of para-hydroxylation sites is 2. The van der Waals surface area contributed by atoms with Gasteiger partial charge < -0.3 is 9.47 Å². The van der Waals surface area contributed by atoms with Gasteiger partial charge in [0, 0.05) is 37.3 Å². The maximum Gasteiger partial charge on any atom is 0.274 e. The van der Waals surface area contributed by atoms with Crippen molar-refractivity contribution >= 4 is 16.9 Å². The minimum Gasteiger partial charge on any atom is -0.336 e. The summed E-state index contributed by atoms with van der Waals surface area (Å²) in [6.45, 7) is 1.95. The molecule has 1 aromatic carbocycles. The van der Waals surface area contributed by atoms with Crippen LogP contribution in [-0.2, 0) is 6.54 Å². The number of amides is 1. The zero-order valence-electron chi connectivity index (χ0n) is 14.2. The van der Waals surface area contributed by atoms with Gasteiger partial charge in [-0.3, -0.25) is 14.6 Å². The van der Waals surface area contributed by atoms with Gasteiger partial charge >= 0.3 is 0 Å². The Balaban J connectivity index is 1.46. The summed E-state index contributed by atoms with van der Waals surface area (Å²) in [6.07, 6.45) is 2.59. The average Bonchev–Trinajstić information content (AvgIpc) is 2.68. The number of rotatable bonds is 1. The Morgan fingerprint density at radius 3 is 2.73 bits per heavy atom. The highest BCUT2D eigenvalue weighted by molar-refractivity contribution is 5.94. The number of aromatic nitrogens is 3. The molecule has 2 aromatic heterocycles. The third-order valence-electron chi connectivity index (χ3n) is 5.43. The quantitative estimate of drug-likeness (QED) is 0.676. The topological polar surface area (TPSA) is 68.1 Å². The van der Waals surface area contributed by atoms with Gasteiger partial charge in [0.05, 0.1) is 17.2 Å². The second-order valence-electron chi connectivity index (χ2n) is 7.15. The van der Waals surface area contributed by atoms with Gasteiger partial charge in [0.25, 0.3) is 11.5 Å². The van der Waals surface area contributed by atoms with E-state index in [-0.39, 0.29) is 17.4 Å². The van der Waals surface area contributed by atoms with Crippen molar-refractivity contribution in [2.24, 2.45) is 5.92 Å². The SMILES string of the molecule is O=C(c1cnc2ccccc2n1)N1CC2CC(C1)c1cccc(=O)n1C2. The van der Waals surface area contributed by atoms with E-state index in [1.807, 2.05) is 45.9 Å². The van der Waals surface area contributed by atoms with E-state index in [1.54, 1.807) is 12.3 Å². The van der Waals surface area contributed by atoms with E-state index in [4.69, 9.17) is 0 Å². The molecule has 2 aliphatic rings. The van der Waals surface area contributed by atoms with Crippen LogP contribution in [0.25, 0.3) is 11.0 Å². The summed E-state index contributed by atoms with van der Waals surface area (Å²) in [5, 5.41) is 0. The van der Waals surface area contributed by atoms with E-state index in [0.29, 0.717) is 31.2 Å². The number of likely N-dealkylation sites (tertiary alicyclic amines) is 1. The smallest absolute Gasteiger partial charge is 0.274 e. The van der Waals surface area contributed by atoms with Gasteiger partial charge in [-0.2, -0.15) is 0 Å². The first-order valence-electron chi connectivity index (χ1n) is 8.90. The molecule has 0 aliphatic carbocycles. The first-order valence-corrected chi connectivity index (χ1v) is 8.90. The molecule has 5 rings (SSSR count). The van der Waals surface area contributed by atoms with Crippen molar-refractivity contribution < 1.29 is 4.79 Å². The Bertz CT molecular complexity index is 1070. The molecule has 4 heterocycles. The second-order valence-corrected chi connectivity index (χ2v) is 7.15. The van der Waals surface area contributed by atoms with Gasteiger partial charge in [-0.15, -0.1) is 0 Å². The molecule has 2 bridgehead atoms. The molecular weight excluding hydrogens is 328 g/mol. The van der Waals surface area contributed by atoms with Gasteiger partial charge in [-0.05, 0) is 30.5 Å². The molecule has 26 heavy (non-hydrogen) atoms. The van der Waals surface area contributed by atoms with Crippen LogP contribution in [0.2, 0.25) is 0 Å². The van der Waals surface area contributed by atoms with E-state index >= 15 is 0 Å². The lowest BCUT2D eigenvalue weighted by molar-refractivity contribution is 0.0589. The predicted octanol–water partition coefficient (Wildman–Crippen LogP) is 2.05. The maximum atomic E-state index is 13.0. The number of pyridine rings is 1. The van der Waals surface area contributed by atoms with Crippen molar-refractivity contribution in [2.45, 2.75) is 18.9 Å². The summed E-state index contributed by atoms with van der Waals surface area (Å²) in [6, 6.07) is 13.0. The summed E-state index contributed by atoms with van der Waals surface area (Å²) in [4.78, 5) is 35.9.